The van der Waals surface area contributed by atoms with Gasteiger partial charge < -0.3 is 9.66 Å². The molecule has 1 aromatic rings. The Labute approximate surface area is 74.6 Å². The summed E-state index contributed by atoms with van der Waals surface area (Å²) < 4.78 is 11.1. The van der Waals surface area contributed by atoms with Gasteiger partial charge in [-0.05, 0) is 17.2 Å². The third-order valence-corrected chi connectivity index (χ3v) is 2.66. The van der Waals surface area contributed by atoms with Crippen LogP contribution in [0.3, 0.4) is 0 Å². The van der Waals surface area contributed by atoms with E-state index >= 15 is 0 Å². The van der Waals surface area contributed by atoms with Crippen LogP contribution in [0.2, 0.25) is 0 Å². The van der Waals surface area contributed by atoms with Gasteiger partial charge in [0.1, 0.15) is 11.5 Å². The van der Waals surface area contributed by atoms with Crippen molar-refractivity contribution in [2.75, 3.05) is 12.4 Å². The number of hydrogen-bond acceptors (Lipinski definition) is 3. The number of hydrogen-bond donors (Lipinski definition) is 1. The Hall–Kier alpha value is -0.580. The summed E-state index contributed by atoms with van der Waals surface area (Å²) in [6.45, 7) is -0.0210. The maximum atomic E-state index is 11.1. The second kappa shape index (κ2) is 5.13. The van der Waals surface area contributed by atoms with Gasteiger partial charge in [-0.15, -0.1) is 0 Å². The van der Waals surface area contributed by atoms with Crippen molar-refractivity contribution in [2.45, 2.75) is 5.75 Å². The zero-order chi connectivity index (χ0) is 8.81. The Kier molecular flexibility index (Phi) is 4.07. The van der Waals surface area contributed by atoms with Crippen LogP contribution in [0, 0.1) is 0 Å². The molecule has 0 saturated heterocycles. The summed E-state index contributed by atoms with van der Waals surface area (Å²) in [5.41, 5.74) is 0.948. The minimum Gasteiger partial charge on any atom is -0.616 e. The number of aromatic nitrogens is 1. The van der Waals surface area contributed by atoms with E-state index in [9.17, 15) is 4.55 Å². The Morgan fingerprint density at radius 2 is 2.42 bits per heavy atom. The SMILES string of the molecule is [O-][S+](CCO)Cc1cccnc1. The number of rotatable bonds is 4. The predicted octanol–water partition coefficient (Wildman–Crippen LogP) is 0.323. The highest BCUT2D eigenvalue weighted by Gasteiger charge is 2.05. The summed E-state index contributed by atoms with van der Waals surface area (Å²) >= 11 is -0.961. The lowest BCUT2D eigenvalue weighted by Crippen LogP contribution is -2.12. The molecule has 0 aromatic carbocycles. The summed E-state index contributed by atoms with van der Waals surface area (Å²) in [6, 6.07) is 3.69. The van der Waals surface area contributed by atoms with Crippen LogP contribution >= 0.6 is 0 Å². The van der Waals surface area contributed by atoms with E-state index in [2.05, 4.69) is 4.98 Å². The molecule has 3 nitrogen and oxygen atoms in total. The second-order valence-electron chi connectivity index (χ2n) is 2.37. The van der Waals surface area contributed by atoms with Crippen molar-refractivity contribution in [3.05, 3.63) is 30.1 Å². The normalized spacial score (nSPS) is 12.8. The Morgan fingerprint density at radius 3 is 3.00 bits per heavy atom. The minimum absolute atomic E-state index is 0.0210. The molecule has 0 fully saturated rings. The first-order chi connectivity index (χ1) is 5.83. The van der Waals surface area contributed by atoms with E-state index in [0.717, 1.165) is 5.56 Å². The lowest BCUT2D eigenvalue weighted by atomic mass is 10.3. The molecule has 1 atom stereocenters. The molecule has 0 aliphatic carbocycles. The number of aliphatic hydroxyl groups is 1. The standard InChI is InChI=1S/C8H11NO2S/c10-4-5-12(11)7-8-2-1-3-9-6-8/h1-3,6,10H,4-5,7H2. The van der Waals surface area contributed by atoms with Crippen molar-refractivity contribution in [3.63, 3.8) is 0 Å². The van der Waals surface area contributed by atoms with Crippen LogP contribution < -0.4 is 0 Å². The molecule has 1 unspecified atom stereocenters. The average molecular weight is 185 g/mol. The van der Waals surface area contributed by atoms with Crippen molar-refractivity contribution in [2.24, 2.45) is 0 Å². The summed E-state index contributed by atoms with van der Waals surface area (Å²) in [5, 5.41) is 8.51. The van der Waals surface area contributed by atoms with Gasteiger partial charge in [-0.3, -0.25) is 4.98 Å². The van der Waals surface area contributed by atoms with E-state index < -0.39 is 11.2 Å². The van der Waals surface area contributed by atoms with Gasteiger partial charge in [0.2, 0.25) is 0 Å². The van der Waals surface area contributed by atoms with Gasteiger partial charge in [0, 0.05) is 18.0 Å². The predicted molar refractivity (Wildman–Crippen MR) is 48.0 cm³/mol. The lowest BCUT2D eigenvalue weighted by molar-refractivity contribution is 0.319. The molecule has 1 heterocycles. The third-order valence-electron chi connectivity index (χ3n) is 1.37. The maximum absolute atomic E-state index is 11.1. The van der Waals surface area contributed by atoms with Crippen molar-refractivity contribution >= 4 is 11.2 Å². The topological polar surface area (TPSA) is 56.2 Å². The zero-order valence-electron chi connectivity index (χ0n) is 6.64. The quantitative estimate of drug-likeness (QED) is 0.687. The van der Waals surface area contributed by atoms with E-state index in [1.807, 2.05) is 12.1 Å². The van der Waals surface area contributed by atoms with Gasteiger partial charge >= 0.3 is 0 Å². The van der Waals surface area contributed by atoms with Crippen LogP contribution in [-0.4, -0.2) is 27.0 Å². The van der Waals surface area contributed by atoms with Crippen LogP contribution in [0.1, 0.15) is 5.56 Å². The number of nitrogens with zero attached hydrogens (tertiary/aromatic N) is 1. The second-order valence-corrected chi connectivity index (χ2v) is 3.95. The van der Waals surface area contributed by atoms with Gasteiger partial charge in [0.15, 0.2) is 0 Å². The monoisotopic (exact) mass is 185 g/mol. The molecule has 0 radical (unpaired) electrons. The average Bonchev–Trinajstić information content (AvgIpc) is 2.06. The van der Waals surface area contributed by atoms with Crippen molar-refractivity contribution in [1.82, 2.24) is 4.98 Å². The van der Waals surface area contributed by atoms with Crippen LogP contribution in [-0.2, 0) is 16.9 Å². The molecular weight excluding hydrogens is 174 g/mol. The molecule has 0 amide bonds. The first-order valence-electron chi connectivity index (χ1n) is 3.67. The molecule has 1 N–H and O–H groups in total. The van der Waals surface area contributed by atoms with Gasteiger partial charge in [-0.2, -0.15) is 0 Å². The largest absolute Gasteiger partial charge is 0.616 e. The van der Waals surface area contributed by atoms with Crippen molar-refractivity contribution in [1.29, 1.82) is 0 Å². The van der Waals surface area contributed by atoms with Crippen LogP contribution in [0.4, 0.5) is 0 Å². The van der Waals surface area contributed by atoms with E-state index in [1.165, 1.54) is 0 Å². The van der Waals surface area contributed by atoms with Crippen LogP contribution in [0.15, 0.2) is 24.5 Å². The Morgan fingerprint density at radius 1 is 1.58 bits per heavy atom. The summed E-state index contributed by atoms with van der Waals surface area (Å²) in [4.78, 5) is 3.90. The van der Waals surface area contributed by atoms with Crippen LogP contribution in [0.25, 0.3) is 0 Å². The number of aliphatic hydroxyl groups excluding tert-OH is 1. The Balaban J connectivity index is 2.41. The molecule has 0 spiro atoms. The van der Waals surface area contributed by atoms with Crippen molar-refractivity contribution in [3.8, 4) is 0 Å². The maximum Gasteiger partial charge on any atom is 0.132 e. The molecule has 66 valence electrons. The molecule has 4 heteroatoms. The summed E-state index contributed by atoms with van der Waals surface area (Å²) in [6.07, 6.45) is 3.37. The molecule has 1 aromatic heterocycles. The molecule has 0 aliphatic rings. The first-order valence-corrected chi connectivity index (χ1v) is 5.16. The number of pyridine rings is 1. The van der Waals surface area contributed by atoms with Crippen molar-refractivity contribution < 1.29 is 9.66 Å². The molecular formula is C8H11NO2S. The summed E-state index contributed by atoms with van der Waals surface area (Å²) in [5.74, 6) is 0.823. The van der Waals surface area contributed by atoms with Gasteiger partial charge in [-0.25, -0.2) is 0 Å². The minimum atomic E-state index is -0.961. The highest BCUT2D eigenvalue weighted by atomic mass is 32.2. The summed E-state index contributed by atoms with van der Waals surface area (Å²) in [7, 11) is 0. The fourth-order valence-electron chi connectivity index (χ4n) is 0.843. The van der Waals surface area contributed by atoms with Gasteiger partial charge in [0.25, 0.3) is 0 Å². The lowest BCUT2D eigenvalue weighted by Gasteiger charge is -2.08. The van der Waals surface area contributed by atoms with Crippen LogP contribution in [0.5, 0.6) is 0 Å². The zero-order valence-corrected chi connectivity index (χ0v) is 7.46. The van der Waals surface area contributed by atoms with Gasteiger partial charge in [-0.1, -0.05) is 6.07 Å². The third kappa shape index (κ3) is 3.21. The molecule has 0 saturated carbocycles. The fourth-order valence-corrected chi connectivity index (χ4v) is 1.73. The Bertz CT molecular complexity index is 218. The van der Waals surface area contributed by atoms with E-state index in [0.29, 0.717) is 11.5 Å². The van der Waals surface area contributed by atoms with E-state index in [1.54, 1.807) is 12.4 Å². The molecule has 12 heavy (non-hydrogen) atoms. The highest BCUT2D eigenvalue weighted by Crippen LogP contribution is 2.03. The first kappa shape index (κ1) is 9.51. The fraction of sp³-hybridized carbons (Fsp3) is 0.375. The smallest absolute Gasteiger partial charge is 0.132 e. The highest BCUT2D eigenvalue weighted by molar-refractivity contribution is 7.90. The molecule has 0 bridgehead atoms. The molecule has 0 aliphatic heterocycles. The molecule has 1 rings (SSSR count). The van der Waals surface area contributed by atoms with Gasteiger partial charge in [0.05, 0.1) is 6.61 Å². The van der Waals surface area contributed by atoms with E-state index in [-0.39, 0.29) is 6.61 Å². The van der Waals surface area contributed by atoms with E-state index in [4.69, 9.17) is 5.11 Å².